The first-order chi connectivity index (χ1) is 7.20. The number of nitrogens with one attached hydrogen (secondary N) is 1. The van der Waals surface area contributed by atoms with Crippen LogP contribution in [0.25, 0.3) is 0 Å². The van der Waals surface area contributed by atoms with Gasteiger partial charge >= 0.3 is 0 Å². The highest BCUT2D eigenvalue weighted by Gasteiger charge is 2.26. The number of aromatic nitrogens is 3. The summed E-state index contributed by atoms with van der Waals surface area (Å²) >= 11 is 0. The molecule has 0 aliphatic carbocycles. The number of nitrogens with zero attached hydrogens (tertiary/aromatic N) is 3. The van der Waals surface area contributed by atoms with Gasteiger partial charge < -0.3 is 10.1 Å². The molecule has 0 radical (unpaired) electrons. The van der Waals surface area contributed by atoms with Crippen LogP contribution in [-0.4, -0.2) is 33.5 Å². The average Bonchev–Trinajstić information content (AvgIpc) is 2.62. The molecule has 1 aliphatic heterocycles. The highest BCUT2D eigenvalue weighted by molar-refractivity contribution is 4.90. The van der Waals surface area contributed by atoms with E-state index in [-0.39, 0.29) is 5.54 Å². The molecule has 1 fully saturated rings. The molecule has 1 aliphatic rings. The molecule has 0 bridgehead atoms. The SMILES string of the molecule is Cn1ncnc1CNC1(C)CCOCC1. The Bertz CT molecular complexity index is 317. The van der Waals surface area contributed by atoms with Crippen LogP contribution in [0.15, 0.2) is 6.33 Å². The second-order valence-corrected chi connectivity index (χ2v) is 4.33. The Kier molecular flexibility index (Phi) is 3.02. The van der Waals surface area contributed by atoms with Crippen LogP contribution in [0.3, 0.4) is 0 Å². The summed E-state index contributed by atoms with van der Waals surface area (Å²) in [5.74, 6) is 0.975. The van der Waals surface area contributed by atoms with Crippen molar-refractivity contribution >= 4 is 0 Å². The van der Waals surface area contributed by atoms with Crippen molar-refractivity contribution in [3.05, 3.63) is 12.2 Å². The van der Waals surface area contributed by atoms with E-state index in [1.165, 1.54) is 0 Å². The van der Waals surface area contributed by atoms with E-state index in [0.29, 0.717) is 0 Å². The lowest BCUT2D eigenvalue weighted by Crippen LogP contribution is -2.46. The quantitative estimate of drug-likeness (QED) is 0.788. The summed E-state index contributed by atoms with van der Waals surface area (Å²) < 4.78 is 7.15. The molecule has 0 amide bonds. The van der Waals surface area contributed by atoms with Gasteiger partial charge in [-0.1, -0.05) is 0 Å². The molecule has 0 atom stereocenters. The predicted octanol–water partition coefficient (Wildman–Crippen LogP) is 0.474. The zero-order valence-corrected chi connectivity index (χ0v) is 9.36. The van der Waals surface area contributed by atoms with Crippen molar-refractivity contribution in [1.82, 2.24) is 20.1 Å². The Morgan fingerprint density at radius 3 is 2.87 bits per heavy atom. The number of rotatable bonds is 3. The van der Waals surface area contributed by atoms with E-state index in [0.717, 1.165) is 38.4 Å². The summed E-state index contributed by atoms with van der Waals surface area (Å²) in [5, 5.41) is 7.58. The zero-order chi connectivity index (χ0) is 10.7. The van der Waals surface area contributed by atoms with Crippen molar-refractivity contribution < 1.29 is 4.74 Å². The van der Waals surface area contributed by atoms with Gasteiger partial charge in [0, 0.05) is 25.8 Å². The highest BCUT2D eigenvalue weighted by atomic mass is 16.5. The molecule has 1 N–H and O–H groups in total. The first-order valence-corrected chi connectivity index (χ1v) is 5.35. The lowest BCUT2D eigenvalue weighted by atomic mass is 9.92. The van der Waals surface area contributed by atoms with Crippen molar-refractivity contribution in [2.75, 3.05) is 13.2 Å². The summed E-state index contributed by atoms with van der Waals surface area (Å²) in [6.07, 6.45) is 3.71. The number of aryl methyl sites for hydroxylation is 1. The Hall–Kier alpha value is -0.940. The second kappa shape index (κ2) is 4.28. The Morgan fingerprint density at radius 1 is 1.53 bits per heavy atom. The van der Waals surface area contributed by atoms with Gasteiger partial charge in [0.25, 0.3) is 0 Å². The molecule has 15 heavy (non-hydrogen) atoms. The molecule has 0 spiro atoms. The number of hydrogen-bond donors (Lipinski definition) is 1. The Morgan fingerprint density at radius 2 is 2.27 bits per heavy atom. The van der Waals surface area contributed by atoms with E-state index in [9.17, 15) is 0 Å². The van der Waals surface area contributed by atoms with Crippen molar-refractivity contribution in [1.29, 1.82) is 0 Å². The van der Waals surface area contributed by atoms with Gasteiger partial charge in [0.05, 0.1) is 6.54 Å². The van der Waals surface area contributed by atoms with Crippen molar-refractivity contribution in [3.63, 3.8) is 0 Å². The van der Waals surface area contributed by atoms with Crippen molar-refractivity contribution in [3.8, 4) is 0 Å². The van der Waals surface area contributed by atoms with E-state index in [1.54, 1.807) is 11.0 Å². The lowest BCUT2D eigenvalue weighted by molar-refractivity contribution is 0.0442. The monoisotopic (exact) mass is 210 g/mol. The topological polar surface area (TPSA) is 52.0 Å². The van der Waals surface area contributed by atoms with Crippen molar-refractivity contribution in [2.24, 2.45) is 7.05 Å². The van der Waals surface area contributed by atoms with Gasteiger partial charge in [-0.3, -0.25) is 4.68 Å². The van der Waals surface area contributed by atoms with E-state index in [2.05, 4.69) is 22.3 Å². The maximum atomic E-state index is 5.35. The summed E-state index contributed by atoms with van der Waals surface area (Å²) in [5.41, 5.74) is 0.185. The molecule has 0 saturated carbocycles. The van der Waals surface area contributed by atoms with Gasteiger partial charge in [-0.25, -0.2) is 4.98 Å². The van der Waals surface area contributed by atoms with Crippen LogP contribution in [0.1, 0.15) is 25.6 Å². The molecule has 5 heteroatoms. The second-order valence-electron chi connectivity index (χ2n) is 4.33. The van der Waals surface area contributed by atoms with Crippen molar-refractivity contribution in [2.45, 2.75) is 31.8 Å². The summed E-state index contributed by atoms with van der Waals surface area (Å²) in [4.78, 5) is 4.19. The largest absolute Gasteiger partial charge is 0.381 e. The van der Waals surface area contributed by atoms with Crippen LogP contribution in [0.4, 0.5) is 0 Å². The van der Waals surface area contributed by atoms with Gasteiger partial charge in [-0.05, 0) is 19.8 Å². The van der Waals surface area contributed by atoms with Crippen LogP contribution in [0, 0.1) is 0 Å². The minimum atomic E-state index is 0.185. The van der Waals surface area contributed by atoms with Crippen LogP contribution in [0.5, 0.6) is 0 Å². The lowest BCUT2D eigenvalue weighted by Gasteiger charge is -2.34. The van der Waals surface area contributed by atoms with E-state index in [4.69, 9.17) is 4.74 Å². The van der Waals surface area contributed by atoms with Gasteiger partial charge in [-0.15, -0.1) is 0 Å². The first kappa shape index (κ1) is 10.6. The fraction of sp³-hybridized carbons (Fsp3) is 0.800. The molecule has 2 rings (SSSR count). The third kappa shape index (κ3) is 2.54. The average molecular weight is 210 g/mol. The van der Waals surface area contributed by atoms with E-state index < -0.39 is 0 Å². The fourth-order valence-electron chi connectivity index (χ4n) is 1.77. The first-order valence-electron chi connectivity index (χ1n) is 5.35. The Labute approximate surface area is 89.8 Å². The van der Waals surface area contributed by atoms with Gasteiger partial charge in [0.1, 0.15) is 12.2 Å². The number of ether oxygens (including phenoxy) is 1. The summed E-state index contributed by atoms with van der Waals surface area (Å²) in [7, 11) is 1.91. The maximum Gasteiger partial charge on any atom is 0.140 e. The van der Waals surface area contributed by atoms with Gasteiger partial charge in [0.2, 0.25) is 0 Å². The smallest absolute Gasteiger partial charge is 0.140 e. The van der Waals surface area contributed by atoms with Gasteiger partial charge in [-0.2, -0.15) is 5.10 Å². The fourth-order valence-corrected chi connectivity index (χ4v) is 1.77. The maximum absolute atomic E-state index is 5.35. The number of hydrogen-bond acceptors (Lipinski definition) is 4. The van der Waals surface area contributed by atoms with Crippen LogP contribution >= 0.6 is 0 Å². The predicted molar refractivity (Wildman–Crippen MR) is 56.3 cm³/mol. The molecule has 0 aromatic carbocycles. The van der Waals surface area contributed by atoms with Crippen LogP contribution in [-0.2, 0) is 18.3 Å². The van der Waals surface area contributed by atoms with E-state index >= 15 is 0 Å². The molecular weight excluding hydrogens is 192 g/mol. The zero-order valence-electron chi connectivity index (χ0n) is 9.36. The van der Waals surface area contributed by atoms with Crippen LogP contribution in [0.2, 0.25) is 0 Å². The summed E-state index contributed by atoms with van der Waals surface area (Å²) in [6, 6.07) is 0. The third-order valence-electron chi connectivity index (χ3n) is 3.07. The highest BCUT2D eigenvalue weighted by Crippen LogP contribution is 2.19. The molecule has 1 aromatic heterocycles. The molecule has 84 valence electrons. The molecular formula is C10H18N4O. The molecule has 0 unspecified atom stereocenters. The minimum Gasteiger partial charge on any atom is -0.381 e. The Balaban J connectivity index is 1.89. The third-order valence-corrected chi connectivity index (χ3v) is 3.07. The normalized spacial score (nSPS) is 20.4. The van der Waals surface area contributed by atoms with Gasteiger partial charge in [0.15, 0.2) is 0 Å². The molecule has 5 nitrogen and oxygen atoms in total. The molecule has 2 heterocycles. The minimum absolute atomic E-state index is 0.185. The molecule has 1 aromatic rings. The van der Waals surface area contributed by atoms with E-state index in [1.807, 2.05) is 7.05 Å². The standard InChI is InChI=1S/C10H18N4O/c1-10(3-5-15-6-4-10)12-7-9-11-8-13-14(9)2/h8,12H,3-7H2,1-2H3. The summed E-state index contributed by atoms with van der Waals surface area (Å²) in [6.45, 7) is 4.71. The molecule has 1 saturated heterocycles. The van der Waals surface area contributed by atoms with Crippen LogP contribution < -0.4 is 5.32 Å².